The van der Waals surface area contributed by atoms with Crippen LogP contribution in [0.15, 0.2) is 60.3 Å². The Morgan fingerprint density at radius 3 is 2.63 bits per heavy atom. The second kappa shape index (κ2) is 6.12. The van der Waals surface area contributed by atoms with Gasteiger partial charge in [0.1, 0.15) is 5.75 Å². The maximum Gasteiger partial charge on any atom is 0.430 e. The van der Waals surface area contributed by atoms with E-state index in [1.807, 2.05) is 30.3 Å². The van der Waals surface area contributed by atoms with Gasteiger partial charge >= 0.3 is 12.1 Å². The number of nitrogens with zero attached hydrogens (tertiary/aromatic N) is 1. The molecule has 2 heterocycles. The number of benzene rings is 2. The van der Waals surface area contributed by atoms with E-state index in [9.17, 15) is 18.0 Å². The van der Waals surface area contributed by atoms with Crippen molar-refractivity contribution in [2.45, 2.75) is 12.3 Å². The zero-order chi connectivity index (χ0) is 19.2. The molecule has 1 N–H and O–H groups in total. The molecule has 0 amide bonds. The standard InChI is InChI=1S/C20H12F3NO3/c21-20(22,23)18-15(19(25)26)10-13-9-12(6-7-16(13)27-18)14-5-1-3-11-4-2-8-24-17(11)14/h1-10,18H,(H,25,26). The van der Waals surface area contributed by atoms with Gasteiger partial charge in [0.2, 0.25) is 6.10 Å². The lowest BCUT2D eigenvalue weighted by molar-refractivity contribution is -0.187. The summed E-state index contributed by atoms with van der Waals surface area (Å²) >= 11 is 0. The summed E-state index contributed by atoms with van der Waals surface area (Å²) in [6, 6.07) is 14.0. The number of aliphatic carboxylic acids is 1. The Bertz CT molecular complexity index is 1080. The van der Waals surface area contributed by atoms with Crippen LogP contribution in [0, 0.1) is 0 Å². The average molecular weight is 371 g/mol. The fourth-order valence-corrected chi connectivity index (χ4v) is 3.12. The van der Waals surface area contributed by atoms with E-state index in [1.54, 1.807) is 18.3 Å². The molecule has 2 aromatic carbocycles. The molecule has 1 aliphatic rings. The maximum absolute atomic E-state index is 13.1. The van der Waals surface area contributed by atoms with Crippen molar-refractivity contribution in [3.8, 4) is 16.9 Å². The molecule has 0 fully saturated rings. The van der Waals surface area contributed by atoms with E-state index in [4.69, 9.17) is 9.84 Å². The van der Waals surface area contributed by atoms with Crippen LogP contribution < -0.4 is 4.74 Å². The van der Waals surface area contributed by atoms with E-state index < -0.39 is 23.8 Å². The number of fused-ring (bicyclic) bond motifs is 2. The fraction of sp³-hybridized carbons (Fsp3) is 0.100. The first kappa shape index (κ1) is 17.1. The van der Waals surface area contributed by atoms with E-state index in [1.165, 1.54) is 6.07 Å². The first-order valence-corrected chi connectivity index (χ1v) is 8.01. The Labute approximate surface area is 151 Å². The van der Waals surface area contributed by atoms with Gasteiger partial charge in [0.05, 0.1) is 11.1 Å². The smallest absolute Gasteiger partial charge is 0.430 e. The highest BCUT2D eigenvalue weighted by molar-refractivity contribution is 5.97. The molecule has 0 saturated carbocycles. The lowest BCUT2D eigenvalue weighted by Crippen LogP contribution is -2.40. The van der Waals surface area contributed by atoms with Gasteiger partial charge in [-0.25, -0.2) is 4.79 Å². The minimum Gasteiger partial charge on any atom is -0.478 e. The summed E-state index contributed by atoms with van der Waals surface area (Å²) in [6.07, 6.45) is -4.64. The highest BCUT2D eigenvalue weighted by atomic mass is 19.4. The number of para-hydroxylation sites is 1. The third-order valence-electron chi connectivity index (χ3n) is 4.34. The van der Waals surface area contributed by atoms with Crippen LogP contribution in [-0.2, 0) is 4.79 Å². The van der Waals surface area contributed by atoms with Gasteiger partial charge in [0.15, 0.2) is 0 Å². The molecule has 7 heteroatoms. The van der Waals surface area contributed by atoms with Crippen LogP contribution in [0.3, 0.4) is 0 Å². The van der Waals surface area contributed by atoms with Crippen molar-refractivity contribution in [3.63, 3.8) is 0 Å². The molecule has 27 heavy (non-hydrogen) atoms. The molecule has 0 saturated heterocycles. The van der Waals surface area contributed by atoms with Gasteiger partial charge in [0, 0.05) is 22.7 Å². The first-order chi connectivity index (χ1) is 12.8. The second-order valence-corrected chi connectivity index (χ2v) is 6.08. The van der Waals surface area contributed by atoms with E-state index in [0.717, 1.165) is 22.5 Å². The number of hydrogen-bond acceptors (Lipinski definition) is 3. The normalized spacial score (nSPS) is 16.4. The van der Waals surface area contributed by atoms with E-state index in [-0.39, 0.29) is 11.3 Å². The van der Waals surface area contributed by atoms with Crippen molar-refractivity contribution >= 4 is 22.9 Å². The minimum absolute atomic E-state index is 0.0146. The molecule has 0 bridgehead atoms. The monoisotopic (exact) mass is 371 g/mol. The van der Waals surface area contributed by atoms with Gasteiger partial charge in [-0.3, -0.25) is 4.98 Å². The highest BCUT2D eigenvalue weighted by Gasteiger charge is 2.48. The summed E-state index contributed by atoms with van der Waals surface area (Å²) in [4.78, 5) is 15.7. The number of ether oxygens (including phenoxy) is 1. The molecule has 1 aromatic heterocycles. The molecule has 1 unspecified atom stereocenters. The molecular weight excluding hydrogens is 359 g/mol. The topological polar surface area (TPSA) is 59.4 Å². The number of halogens is 3. The van der Waals surface area contributed by atoms with Crippen molar-refractivity contribution in [1.82, 2.24) is 4.98 Å². The van der Waals surface area contributed by atoms with Crippen LogP contribution >= 0.6 is 0 Å². The van der Waals surface area contributed by atoms with E-state index in [0.29, 0.717) is 5.56 Å². The summed E-state index contributed by atoms with van der Waals surface area (Å²) in [5.41, 5.74) is 1.67. The minimum atomic E-state index is -4.82. The quantitative estimate of drug-likeness (QED) is 0.710. The van der Waals surface area contributed by atoms with Crippen LogP contribution in [0.4, 0.5) is 13.2 Å². The Morgan fingerprint density at radius 1 is 1.11 bits per heavy atom. The molecule has 3 aromatic rings. The van der Waals surface area contributed by atoms with E-state index >= 15 is 0 Å². The molecule has 1 aliphatic heterocycles. The van der Waals surface area contributed by atoms with Crippen molar-refractivity contribution in [2.75, 3.05) is 0 Å². The first-order valence-electron chi connectivity index (χ1n) is 8.01. The molecule has 4 rings (SSSR count). The summed E-state index contributed by atoms with van der Waals surface area (Å²) in [5, 5.41) is 10.1. The molecule has 0 spiro atoms. The predicted octanol–water partition coefficient (Wildman–Crippen LogP) is 4.69. The Hall–Kier alpha value is -3.35. The average Bonchev–Trinajstić information content (AvgIpc) is 2.65. The van der Waals surface area contributed by atoms with Crippen LogP contribution in [-0.4, -0.2) is 28.3 Å². The van der Waals surface area contributed by atoms with Gasteiger partial charge in [-0.05, 0) is 29.8 Å². The van der Waals surface area contributed by atoms with Gasteiger partial charge in [-0.2, -0.15) is 13.2 Å². The zero-order valence-electron chi connectivity index (χ0n) is 13.7. The van der Waals surface area contributed by atoms with Crippen molar-refractivity contribution < 1.29 is 27.8 Å². The number of rotatable bonds is 2. The van der Waals surface area contributed by atoms with Crippen molar-refractivity contribution in [1.29, 1.82) is 0 Å². The highest BCUT2D eigenvalue weighted by Crippen LogP contribution is 2.39. The molecule has 0 radical (unpaired) electrons. The molecule has 1 atom stereocenters. The summed E-state index contributed by atoms with van der Waals surface area (Å²) in [6.45, 7) is 0. The Balaban J connectivity index is 1.85. The molecule has 0 aliphatic carbocycles. The number of carboxylic acids is 1. The number of carboxylic acid groups (broad SMARTS) is 1. The van der Waals surface area contributed by atoms with Crippen molar-refractivity contribution in [3.05, 3.63) is 65.9 Å². The third-order valence-corrected chi connectivity index (χ3v) is 4.34. The summed E-state index contributed by atoms with van der Waals surface area (Å²) < 4.78 is 44.3. The Kier molecular flexibility index (Phi) is 3.87. The van der Waals surface area contributed by atoms with Crippen molar-refractivity contribution in [2.24, 2.45) is 0 Å². The largest absolute Gasteiger partial charge is 0.478 e. The van der Waals surface area contributed by atoms with E-state index in [2.05, 4.69) is 4.98 Å². The van der Waals surface area contributed by atoms with Gasteiger partial charge in [-0.1, -0.05) is 30.3 Å². The zero-order valence-corrected chi connectivity index (χ0v) is 13.7. The van der Waals surface area contributed by atoms with Gasteiger partial charge < -0.3 is 9.84 Å². The summed E-state index contributed by atoms with van der Waals surface area (Å²) in [5.74, 6) is -1.68. The molecule has 4 nitrogen and oxygen atoms in total. The lowest BCUT2D eigenvalue weighted by Gasteiger charge is -2.27. The van der Waals surface area contributed by atoms with Crippen LogP contribution in [0.5, 0.6) is 5.75 Å². The number of pyridine rings is 1. The van der Waals surface area contributed by atoms with Crippen LogP contribution in [0.25, 0.3) is 28.1 Å². The predicted molar refractivity (Wildman–Crippen MR) is 93.3 cm³/mol. The number of hydrogen-bond donors (Lipinski definition) is 1. The molecule has 136 valence electrons. The third kappa shape index (κ3) is 3.01. The number of alkyl halides is 3. The number of aromatic nitrogens is 1. The molecular formula is C20H12F3NO3. The lowest BCUT2D eigenvalue weighted by atomic mass is 9.96. The fourth-order valence-electron chi connectivity index (χ4n) is 3.12. The number of carbonyl (C=O) groups is 1. The van der Waals surface area contributed by atoms with Gasteiger partial charge in [-0.15, -0.1) is 0 Å². The van der Waals surface area contributed by atoms with Gasteiger partial charge in [0.25, 0.3) is 0 Å². The van der Waals surface area contributed by atoms with Crippen LogP contribution in [0.2, 0.25) is 0 Å². The maximum atomic E-state index is 13.1. The van der Waals surface area contributed by atoms with Crippen LogP contribution in [0.1, 0.15) is 5.56 Å². The Morgan fingerprint density at radius 2 is 1.89 bits per heavy atom. The SMILES string of the molecule is O=C(O)C1=Cc2cc(-c3cccc4cccnc34)ccc2OC1C(F)(F)F. The second-order valence-electron chi connectivity index (χ2n) is 6.08. The summed E-state index contributed by atoms with van der Waals surface area (Å²) in [7, 11) is 0.